The Morgan fingerprint density at radius 2 is 1.80 bits per heavy atom. The summed E-state index contributed by atoms with van der Waals surface area (Å²) in [6.07, 6.45) is 7.00. The lowest BCUT2D eigenvalue weighted by Gasteiger charge is -2.52. The quantitative estimate of drug-likeness (QED) is 0.783. The number of hydrogen-bond acceptors (Lipinski definition) is 1. The first-order chi connectivity index (χ1) is 9.51. The Balaban J connectivity index is 1.92. The standard InChI is InChI=1S/C19H29N/c1-15-5-7-16(8-6-15)17-13-20-12-11-19(17)10-4-9-18(2,3)14-19/h5-8,17,20H,4,9-14H2,1-3H3. The van der Waals surface area contributed by atoms with E-state index >= 15 is 0 Å². The highest BCUT2D eigenvalue weighted by Crippen LogP contribution is 2.55. The molecular weight excluding hydrogens is 242 g/mol. The van der Waals surface area contributed by atoms with E-state index in [-0.39, 0.29) is 0 Å². The Morgan fingerprint density at radius 1 is 1.05 bits per heavy atom. The van der Waals surface area contributed by atoms with Crippen LogP contribution < -0.4 is 5.32 Å². The van der Waals surface area contributed by atoms with Crippen molar-refractivity contribution in [3.05, 3.63) is 35.4 Å². The first-order valence-corrected chi connectivity index (χ1v) is 8.28. The highest BCUT2D eigenvalue weighted by molar-refractivity contribution is 5.28. The van der Waals surface area contributed by atoms with Crippen molar-refractivity contribution >= 4 is 0 Å². The van der Waals surface area contributed by atoms with Gasteiger partial charge in [-0.05, 0) is 55.5 Å². The van der Waals surface area contributed by atoms with Crippen molar-refractivity contribution in [2.45, 2.75) is 58.8 Å². The maximum absolute atomic E-state index is 3.65. The zero-order valence-corrected chi connectivity index (χ0v) is 13.3. The highest BCUT2D eigenvalue weighted by atomic mass is 14.9. The van der Waals surface area contributed by atoms with E-state index in [1.54, 1.807) is 5.56 Å². The van der Waals surface area contributed by atoms with Crippen molar-refractivity contribution in [1.29, 1.82) is 0 Å². The van der Waals surface area contributed by atoms with Crippen molar-refractivity contribution in [2.75, 3.05) is 13.1 Å². The van der Waals surface area contributed by atoms with Gasteiger partial charge in [-0.3, -0.25) is 0 Å². The number of benzene rings is 1. The number of aryl methyl sites for hydroxylation is 1. The van der Waals surface area contributed by atoms with Crippen LogP contribution in [-0.4, -0.2) is 13.1 Å². The Morgan fingerprint density at radius 3 is 2.50 bits per heavy atom. The second kappa shape index (κ2) is 5.18. The average molecular weight is 271 g/mol. The zero-order chi connectivity index (χ0) is 14.2. The Hall–Kier alpha value is -0.820. The van der Waals surface area contributed by atoms with Gasteiger partial charge in [0.05, 0.1) is 0 Å². The molecule has 1 heterocycles. The van der Waals surface area contributed by atoms with Crippen LogP contribution in [0.5, 0.6) is 0 Å². The van der Waals surface area contributed by atoms with Crippen LogP contribution in [0.3, 0.4) is 0 Å². The van der Waals surface area contributed by atoms with Gasteiger partial charge in [0.2, 0.25) is 0 Å². The van der Waals surface area contributed by atoms with Gasteiger partial charge in [0.25, 0.3) is 0 Å². The van der Waals surface area contributed by atoms with Gasteiger partial charge in [-0.1, -0.05) is 50.1 Å². The SMILES string of the molecule is Cc1ccc(C2CNCCC23CCCC(C)(C)C3)cc1. The highest BCUT2D eigenvalue weighted by Gasteiger charge is 2.46. The van der Waals surface area contributed by atoms with Crippen LogP contribution in [0.15, 0.2) is 24.3 Å². The molecule has 0 bridgehead atoms. The van der Waals surface area contributed by atoms with E-state index in [0.717, 1.165) is 0 Å². The maximum atomic E-state index is 3.65. The molecule has 1 aromatic rings. The van der Waals surface area contributed by atoms with E-state index in [1.165, 1.54) is 50.8 Å². The molecule has 0 radical (unpaired) electrons. The van der Waals surface area contributed by atoms with Gasteiger partial charge in [-0.25, -0.2) is 0 Å². The number of hydrogen-bond donors (Lipinski definition) is 1. The number of rotatable bonds is 1. The van der Waals surface area contributed by atoms with Gasteiger partial charge in [0.1, 0.15) is 0 Å². The predicted molar refractivity (Wildman–Crippen MR) is 86.1 cm³/mol. The second-order valence-electron chi connectivity index (χ2n) is 7.97. The molecule has 2 atom stereocenters. The van der Waals surface area contributed by atoms with Crippen molar-refractivity contribution in [1.82, 2.24) is 5.32 Å². The Bertz CT molecular complexity index is 455. The molecule has 2 aliphatic rings. The molecule has 3 rings (SSSR count). The third kappa shape index (κ3) is 2.65. The van der Waals surface area contributed by atoms with Crippen LogP contribution in [-0.2, 0) is 0 Å². The summed E-state index contributed by atoms with van der Waals surface area (Å²) in [6.45, 7) is 9.50. The third-order valence-corrected chi connectivity index (χ3v) is 5.73. The van der Waals surface area contributed by atoms with E-state index in [2.05, 4.69) is 50.4 Å². The average Bonchev–Trinajstić information content (AvgIpc) is 2.39. The van der Waals surface area contributed by atoms with Crippen molar-refractivity contribution < 1.29 is 0 Å². The van der Waals surface area contributed by atoms with Crippen molar-refractivity contribution in [3.63, 3.8) is 0 Å². The molecule has 1 aromatic carbocycles. The normalized spacial score (nSPS) is 33.2. The molecule has 1 heteroatoms. The van der Waals surface area contributed by atoms with Crippen molar-refractivity contribution in [2.24, 2.45) is 10.8 Å². The summed E-state index contributed by atoms with van der Waals surface area (Å²) in [4.78, 5) is 0. The fourth-order valence-electron chi connectivity index (χ4n) is 4.80. The minimum Gasteiger partial charge on any atom is -0.316 e. The fraction of sp³-hybridized carbons (Fsp3) is 0.684. The van der Waals surface area contributed by atoms with E-state index in [1.807, 2.05) is 0 Å². The van der Waals surface area contributed by atoms with E-state index in [0.29, 0.717) is 16.7 Å². The van der Waals surface area contributed by atoms with Gasteiger partial charge in [0.15, 0.2) is 0 Å². The van der Waals surface area contributed by atoms with Gasteiger partial charge < -0.3 is 5.32 Å². The van der Waals surface area contributed by atoms with Crippen LogP contribution in [0.2, 0.25) is 0 Å². The molecular formula is C19H29N. The summed E-state index contributed by atoms with van der Waals surface area (Å²) >= 11 is 0. The summed E-state index contributed by atoms with van der Waals surface area (Å²) in [7, 11) is 0. The predicted octanol–water partition coefficient (Wildman–Crippen LogP) is 4.66. The summed E-state index contributed by atoms with van der Waals surface area (Å²) in [5.41, 5.74) is 4.00. The molecule has 2 fully saturated rings. The van der Waals surface area contributed by atoms with E-state index in [9.17, 15) is 0 Å². The Labute approximate surface area is 124 Å². The molecule has 1 N–H and O–H groups in total. The first kappa shape index (κ1) is 14.1. The monoisotopic (exact) mass is 271 g/mol. The van der Waals surface area contributed by atoms with Crippen LogP contribution in [0.4, 0.5) is 0 Å². The van der Waals surface area contributed by atoms with Crippen LogP contribution in [0, 0.1) is 17.8 Å². The minimum absolute atomic E-state index is 0.526. The molecule has 2 unspecified atom stereocenters. The molecule has 1 saturated carbocycles. The van der Waals surface area contributed by atoms with Gasteiger partial charge in [-0.15, -0.1) is 0 Å². The molecule has 1 aliphatic carbocycles. The molecule has 1 nitrogen and oxygen atoms in total. The molecule has 1 saturated heterocycles. The molecule has 1 spiro atoms. The van der Waals surface area contributed by atoms with Gasteiger partial charge in [0, 0.05) is 12.5 Å². The van der Waals surface area contributed by atoms with E-state index < -0.39 is 0 Å². The number of nitrogens with one attached hydrogen (secondary N) is 1. The van der Waals surface area contributed by atoms with Gasteiger partial charge in [-0.2, -0.15) is 0 Å². The lowest BCUT2D eigenvalue weighted by atomic mass is 9.55. The molecule has 110 valence electrons. The molecule has 0 amide bonds. The summed E-state index contributed by atoms with van der Waals surface area (Å²) < 4.78 is 0. The number of piperidine rings is 1. The molecule has 20 heavy (non-hydrogen) atoms. The third-order valence-electron chi connectivity index (χ3n) is 5.73. The lowest BCUT2D eigenvalue weighted by Crippen LogP contribution is -2.47. The summed E-state index contributed by atoms with van der Waals surface area (Å²) in [5.74, 6) is 0.705. The maximum Gasteiger partial charge on any atom is 0.00255 e. The molecule has 0 aromatic heterocycles. The van der Waals surface area contributed by atoms with E-state index in [4.69, 9.17) is 0 Å². The van der Waals surface area contributed by atoms with Gasteiger partial charge >= 0.3 is 0 Å². The van der Waals surface area contributed by atoms with Crippen LogP contribution in [0.1, 0.15) is 63.0 Å². The second-order valence-corrected chi connectivity index (χ2v) is 7.97. The largest absolute Gasteiger partial charge is 0.316 e. The Kier molecular flexibility index (Phi) is 3.66. The first-order valence-electron chi connectivity index (χ1n) is 8.28. The summed E-state index contributed by atoms with van der Waals surface area (Å²) in [6, 6.07) is 9.31. The summed E-state index contributed by atoms with van der Waals surface area (Å²) in [5, 5.41) is 3.65. The minimum atomic E-state index is 0.526. The lowest BCUT2D eigenvalue weighted by molar-refractivity contribution is 0.0332. The van der Waals surface area contributed by atoms with Crippen LogP contribution >= 0.6 is 0 Å². The molecule has 1 aliphatic heterocycles. The smallest absolute Gasteiger partial charge is 0.00255 e. The topological polar surface area (TPSA) is 12.0 Å². The zero-order valence-electron chi connectivity index (χ0n) is 13.3. The van der Waals surface area contributed by atoms with Crippen molar-refractivity contribution in [3.8, 4) is 0 Å². The fourth-order valence-corrected chi connectivity index (χ4v) is 4.80. The van der Waals surface area contributed by atoms with Crippen LogP contribution in [0.25, 0.3) is 0 Å².